The quantitative estimate of drug-likeness (QED) is 0.688. The zero-order chi connectivity index (χ0) is 16.9. The van der Waals surface area contributed by atoms with Gasteiger partial charge in [0, 0.05) is 11.0 Å². The number of amides is 1. The van der Waals surface area contributed by atoms with Crippen LogP contribution in [0.4, 0.5) is 0 Å². The van der Waals surface area contributed by atoms with E-state index in [1.807, 2.05) is 24.3 Å². The first-order chi connectivity index (χ1) is 10.9. The van der Waals surface area contributed by atoms with E-state index in [9.17, 15) is 4.79 Å². The highest BCUT2D eigenvalue weighted by Crippen LogP contribution is 2.22. The largest absolute Gasteiger partial charge is 0.354 e. The summed E-state index contributed by atoms with van der Waals surface area (Å²) in [7, 11) is 0. The van der Waals surface area contributed by atoms with Gasteiger partial charge in [0.2, 0.25) is 5.91 Å². The predicted molar refractivity (Wildman–Crippen MR) is 113 cm³/mol. The maximum absolute atomic E-state index is 12.4. The summed E-state index contributed by atoms with van der Waals surface area (Å²) in [5.74, 6) is 0.612. The molecule has 7 heteroatoms. The lowest BCUT2D eigenvalue weighted by Crippen LogP contribution is -2.49. The van der Waals surface area contributed by atoms with Crippen LogP contribution in [0.15, 0.2) is 28.7 Å². The number of hydrogen-bond acceptors (Lipinski definition) is 3. The van der Waals surface area contributed by atoms with Crippen molar-refractivity contribution in [1.82, 2.24) is 10.2 Å². The molecule has 0 aliphatic carbocycles. The Kier molecular flexibility index (Phi) is 11.2. The lowest BCUT2D eigenvalue weighted by Gasteiger charge is -2.31. The molecule has 1 unspecified atom stereocenters. The smallest absolute Gasteiger partial charge is 0.244 e. The summed E-state index contributed by atoms with van der Waals surface area (Å²) in [5.41, 5.74) is 6.09. The van der Waals surface area contributed by atoms with Crippen LogP contribution in [0.1, 0.15) is 38.7 Å². The molecule has 1 aromatic carbocycles. The van der Waals surface area contributed by atoms with Crippen LogP contribution in [-0.2, 0) is 10.3 Å². The minimum atomic E-state index is -0.994. The maximum Gasteiger partial charge on any atom is 0.244 e. The molecular weight excluding hydrogens is 425 g/mol. The number of halogens is 3. The van der Waals surface area contributed by atoms with Gasteiger partial charge in [-0.1, -0.05) is 35.0 Å². The number of piperidine rings is 1. The molecule has 0 radical (unpaired) electrons. The fraction of sp³-hybridized carbons (Fsp3) is 0.611. The monoisotopic (exact) mass is 453 g/mol. The van der Waals surface area contributed by atoms with E-state index in [1.54, 1.807) is 6.92 Å². The molecule has 1 aliphatic heterocycles. The molecule has 1 amide bonds. The molecule has 0 bridgehead atoms. The number of benzene rings is 1. The average Bonchev–Trinajstić information content (AvgIpc) is 2.55. The Balaban J connectivity index is 0.00000288. The van der Waals surface area contributed by atoms with E-state index in [0.717, 1.165) is 28.9 Å². The van der Waals surface area contributed by atoms with E-state index in [-0.39, 0.29) is 30.7 Å². The van der Waals surface area contributed by atoms with Gasteiger partial charge in [-0.05, 0) is 69.4 Å². The lowest BCUT2D eigenvalue weighted by atomic mass is 9.91. The number of nitrogens with two attached hydrogens (primary N) is 1. The summed E-state index contributed by atoms with van der Waals surface area (Å²) in [6.45, 7) is 8.20. The van der Waals surface area contributed by atoms with E-state index in [4.69, 9.17) is 5.73 Å². The van der Waals surface area contributed by atoms with Gasteiger partial charge >= 0.3 is 0 Å². The molecular formula is C18H30BrCl2N3O. The molecule has 0 spiro atoms. The third-order valence-corrected chi connectivity index (χ3v) is 5.44. The van der Waals surface area contributed by atoms with Crippen LogP contribution in [0.25, 0.3) is 0 Å². The third-order valence-electron chi connectivity index (χ3n) is 4.91. The van der Waals surface area contributed by atoms with Crippen molar-refractivity contribution in [3.8, 4) is 0 Å². The van der Waals surface area contributed by atoms with Crippen LogP contribution in [0, 0.1) is 5.92 Å². The summed E-state index contributed by atoms with van der Waals surface area (Å²) in [4.78, 5) is 14.9. The Morgan fingerprint density at radius 1 is 1.28 bits per heavy atom. The average molecular weight is 455 g/mol. The summed E-state index contributed by atoms with van der Waals surface area (Å²) in [6.07, 6.45) is 3.51. The minimum Gasteiger partial charge on any atom is -0.354 e. The van der Waals surface area contributed by atoms with Gasteiger partial charge in [-0.2, -0.15) is 0 Å². The van der Waals surface area contributed by atoms with Crippen molar-refractivity contribution < 1.29 is 4.79 Å². The van der Waals surface area contributed by atoms with Crippen LogP contribution < -0.4 is 11.1 Å². The van der Waals surface area contributed by atoms with Crippen molar-refractivity contribution in [3.63, 3.8) is 0 Å². The van der Waals surface area contributed by atoms with Crippen LogP contribution in [0.2, 0.25) is 0 Å². The van der Waals surface area contributed by atoms with Gasteiger partial charge in [0.15, 0.2) is 0 Å². The zero-order valence-corrected chi connectivity index (χ0v) is 18.2. The topological polar surface area (TPSA) is 58.4 Å². The predicted octanol–water partition coefficient (Wildman–Crippen LogP) is 3.70. The van der Waals surface area contributed by atoms with Crippen molar-refractivity contribution in [2.45, 2.75) is 38.6 Å². The fourth-order valence-corrected chi connectivity index (χ4v) is 3.36. The Morgan fingerprint density at radius 2 is 1.84 bits per heavy atom. The molecule has 1 aliphatic rings. The maximum atomic E-state index is 12.4. The molecule has 0 aromatic heterocycles. The number of nitrogens with zero attached hydrogens (tertiary/aromatic N) is 1. The second-order valence-electron chi connectivity index (χ2n) is 6.63. The molecule has 4 nitrogen and oxygen atoms in total. The number of hydrogen-bond donors (Lipinski definition) is 2. The van der Waals surface area contributed by atoms with E-state index in [1.165, 1.54) is 25.9 Å². The highest BCUT2D eigenvalue weighted by molar-refractivity contribution is 9.10. The first kappa shape index (κ1) is 24.7. The van der Waals surface area contributed by atoms with E-state index in [0.29, 0.717) is 6.54 Å². The second-order valence-corrected chi connectivity index (χ2v) is 7.55. The Bertz CT molecular complexity index is 518. The molecule has 1 heterocycles. The van der Waals surface area contributed by atoms with Gasteiger partial charge in [0.1, 0.15) is 5.54 Å². The van der Waals surface area contributed by atoms with Crippen molar-refractivity contribution in [2.24, 2.45) is 11.7 Å². The number of likely N-dealkylation sites (tertiary alicyclic amines) is 1. The Morgan fingerprint density at radius 3 is 2.36 bits per heavy atom. The summed E-state index contributed by atoms with van der Waals surface area (Å²) < 4.78 is 0.982. The molecule has 2 rings (SSSR count). The van der Waals surface area contributed by atoms with Crippen molar-refractivity contribution in [3.05, 3.63) is 34.3 Å². The Hall–Kier alpha value is -0.330. The molecule has 1 aromatic rings. The molecule has 3 N–H and O–H groups in total. The van der Waals surface area contributed by atoms with Gasteiger partial charge in [-0.15, -0.1) is 24.8 Å². The first-order valence-corrected chi connectivity index (χ1v) is 9.28. The zero-order valence-electron chi connectivity index (χ0n) is 15.0. The second kappa shape index (κ2) is 11.4. The number of rotatable bonds is 6. The van der Waals surface area contributed by atoms with Crippen LogP contribution in [0.3, 0.4) is 0 Å². The molecule has 1 fully saturated rings. The molecule has 144 valence electrons. The highest BCUT2D eigenvalue weighted by atomic mass is 79.9. The fourth-order valence-electron chi connectivity index (χ4n) is 3.09. The van der Waals surface area contributed by atoms with E-state index < -0.39 is 5.54 Å². The number of nitrogens with one attached hydrogen (secondary N) is 1. The highest BCUT2D eigenvalue weighted by Gasteiger charge is 2.30. The van der Waals surface area contributed by atoms with Gasteiger partial charge < -0.3 is 16.0 Å². The molecule has 25 heavy (non-hydrogen) atoms. The molecule has 1 saturated heterocycles. The molecule has 1 atom stereocenters. The standard InChI is InChI=1S/C18H28BrN3O.2ClH/c1-3-22-12-9-14(10-13-22)8-11-21-17(23)18(2,20)15-4-6-16(19)7-5-15;;/h4-7,14H,3,8-13,20H2,1-2H3,(H,21,23);2*1H. The minimum absolute atomic E-state index is 0. The Labute approximate surface area is 172 Å². The third kappa shape index (κ3) is 7.06. The van der Waals surface area contributed by atoms with Gasteiger partial charge in [-0.25, -0.2) is 0 Å². The first-order valence-electron chi connectivity index (χ1n) is 8.49. The van der Waals surface area contributed by atoms with Crippen LogP contribution in [-0.4, -0.2) is 37.0 Å². The van der Waals surface area contributed by atoms with Crippen LogP contribution in [0.5, 0.6) is 0 Å². The van der Waals surface area contributed by atoms with Gasteiger partial charge in [0.05, 0.1) is 0 Å². The van der Waals surface area contributed by atoms with Crippen LogP contribution >= 0.6 is 40.7 Å². The van der Waals surface area contributed by atoms with Crippen molar-refractivity contribution in [2.75, 3.05) is 26.2 Å². The van der Waals surface area contributed by atoms with Gasteiger partial charge in [0.25, 0.3) is 0 Å². The van der Waals surface area contributed by atoms with E-state index >= 15 is 0 Å². The lowest BCUT2D eigenvalue weighted by molar-refractivity contribution is -0.126. The number of carbonyl (C=O) groups is 1. The molecule has 0 saturated carbocycles. The SMILES string of the molecule is CCN1CCC(CCNC(=O)C(C)(N)c2ccc(Br)cc2)CC1.Cl.Cl. The van der Waals surface area contributed by atoms with Crippen molar-refractivity contribution in [1.29, 1.82) is 0 Å². The summed E-state index contributed by atoms with van der Waals surface area (Å²) in [6, 6.07) is 7.61. The number of carbonyl (C=O) groups excluding carboxylic acids is 1. The van der Waals surface area contributed by atoms with Crippen molar-refractivity contribution >= 4 is 46.7 Å². The van der Waals surface area contributed by atoms with E-state index in [2.05, 4.69) is 33.1 Å². The normalized spacial score (nSPS) is 17.8. The van der Waals surface area contributed by atoms with Gasteiger partial charge in [-0.3, -0.25) is 4.79 Å². The summed E-state index contributed by atoms with van der Waals surface area (Å²) in [5, 5.41) is 3.02. The summed E-state index contributed by atoms with van der Waals surface area (Å²) >= 11 is 3.40.